The molecular weight excluding hydrogens is 234 g/mol. The fourth-order valence-electron chi connectivity index (χ4n) is 3.99. The van der Waals surface area contributed by atoms with E-state index < -0.39 is 0 Å². The number of nitrogens with zero attached hydrogens (tertiary/aromatic N) is 2. The van der Waals surface area contributed by atoms with Crippen LogP contribution in [0.25, 0.3) is 0 Å². The number of nitrogens with one attached hydrogen (secondary N) is 1. The Kier molecular flexibility index (Phi) is 4.67. The Hall–Kier alpha value is -0.830. The Morgan fingerprint density at radius 2 is 2.05 bits per heavy atom. The molecule has 0 bridgehead atoms. The molecular formula is C16H29N3. The Labute approximate surface area is 117 Å². The number of hydrogen-bond donors (Lipinski definition) is 1. The zero-order valence-electron chi connectivity index (χ0n) is 12.9. The molecule has 19 heavy (non-hydrogen) atoms. The fraction of sp³-hybridized carbons (Fsp3) is 0.812. The summed E-state index contributed by atoms with van der Waals surface area (Å²) in [6.45, 7) is 4.71. The molecule has 0 radical (unpaired) electrons. The molecule has 1 atom stereocenters. The minimum Gasteiger partial charge on any atom is -0.338 e. The van der Waals surface area contributed by atoms with E-state index in [1.807, 2.05) is 12.4 Å². The van der Waals surface area contributed by atoms with Crippen molar-refractivity contribution in [1.82, 2.24) is 14.9 Å². The number of rotatable bonds is 6. The van der Waals surface area contributed by atoms with Gasteiger partial charge in [0.15, 0.2) is 0 Å². The monoisotopic (exact) mass is 263 g/mol. The maximum absolute atomic E-state index is 4.51. The number of aryl methyl sites for hydroxylation is 1. The van der Waals surface area contributed by atoms with Gasteiger partial charge in [0.1, 0.15) is 5.82 Å². The van der Waals surface area contributed by atoms with Crippen molar-refractivity contribution in [1.29, 1.82) is 0 Å². The van der Waals surface area contributed by atoms with Crippen LogP contribution in [0.1, 0.15) is 51.8 Å². The first-order valence-electron chi connectivity index (χ1n) is 7.71. The van der Waals surface area contributed by atoms with Crippen molar-refractivity contribution in [2.45, 2.75) is 58.4 Å². The summed E-state index contributed by atoms with van der Waals surface area (Å²) in [5, 5.41) is 3.60. The minimum atomic E-state index is 0.481. The molecule has 1 heterocycles. The lowest BCUT2D eigenvalue weighted by atomic mass is 9.71. The van der Waals surface area contributed by atoms with Gasteiger partial charge in [-0.2, -0.15) is 0 Å². The van der Waals surface area contributed by atoms with E-state index in [1.165, 1.54) is 37.9 Å². The van der Waals surface area contributed by atoms with Gasteiger partial charge in [-0.25, -0.2) is 4.98 Å². The van der Waals surface area contributed by atoms with Crippen molar-refractivity contribution in [3.63, 3.8) is 0 Å². The van der Waals surface area contributed by atoms with E-state index in [4.69, 9.17) is 0 Å². The van der Waals surface area contributed by atoms with Gasteiger partial charge in [-0.3, -0.25) is 0 Å². The molecule has 108 valence electrons. The first-order valence-corrected chi connectivity index (χ1v) is 7.71. The van der Waals surface area contributed by atoms with Gasteiger partial charge in [0.05, 0.1) is 0 Å². The normalized spacial score (nSPS) is 20.1. The van der Waals surface area contributed by atoms with E-state index in [9.17, 15) is 0 Å². The Morgan fingerprint density at radius 3 is 2.53 bits per heavy atom. The van der Waals surface area contributed by atoms with Crippen molar-refractivity contribution in [3.05, 3.63) is 18.2 Å². The Bertz CT molecular complexity index is 388. The van der Waals surface area contributed by atoms with Gasteiger partial charge < -0.3 is 9.88 Å². The maximum Gasteiger partial charge on any atom is 0.109 e. The van der Waals surface area contributed by atoms with Crippen molar-refractivity contribution in [2.75, 3.05) is 7.05 Å². The summed E-state index contributed by atoms with van der Waals surface area (Å²) in [5.41, 5.74) is 0.481. The van der Waals surface area contributed by atoms with E-state index in [1.54, 1.807) is 0 Å². The smallest absolute Gasteiger partial charge is 0.109 e. The van der Waals surface area contributed by atoms with Crippen LogP contribution in [0.3, 0.4) is 0 Å². The maximum atomic E-state index is 4.51. The summed E-state index contributed by atoms with van der Waals surface area (Å²) in [5.74, 6) is 1.98. The van der Waals surface area contributed by atoms with Crippen LogP contribution in [0.15, 0.2) is 12.4 Å². The predicted octanol–water partition coefficient (Wildman–Crippen LogP) is 3.16. The van der Waals surface area contributed by atoms with Crippen LogP contribution in [0.2, 0.25) is 0 Å². The van der Waals surface area contributed by atoms with Crippen molar-refractivity contribution in [2.24, 2.45) is 18.4 Å². The number of likely N-dealkylation sites (N-methyl/N-ethyl adjacent to an activating group) is 1. The van der Waals surface area contributed by atoms with Gasteiger partial charge >= 0.3 is 0 Å². The molecule has 1 aromatic heterocycles. The first-order chi connectivity index (χ1) is 9.07. The van der Waals surface area contributed by atoms with E-state index in [-0.39, 0.29) is 0 Å². The molecule has 3 nitrogen and oxygen atoms in total. The summed E-state index contributed by atoms with van der Waals surface area (Å²) in [7, 11) is 4.22. The van der Waals surface area contributed by atoms with Crippen LogP contribution in [-0.4, -0.2) is 22.6 Å². The number of aromatic nitrogens is 2. The molecule has 1 aliphatic carbocycles. The summed E-state index contributed by atoms with van der Waals surface area (Å²) >= 11 is 0. The van der Waals surface area contributed by atoms with Crippen LogP contribution in [0.5, 0.6) is 0 Å². The second-order valence-corrected chi connectivity index (χ2v) is 6.67. The second kappa shape index (κ2) is 6.08. The quantitative estimate of drug-likeness (QED) is 0.854. The van der Waals surface area contributed by atoms with Gasteiger partial charge in [0.2, 0.25) is 0 Å². The summed E-state index contributed by atoms with van der Waals surface area (Å²) in [6.07, 6.45) is 11.9. The zero-order chi connectivity index (χ0) is 13.9. The predicted molar refractivity (Wildman–Crippen MR) is 80.1 cm³/mol. The fourth-order valence-corrected chi connectivity index (χ4v) is 3.99. The van der Waals surface area contributed by atoms with E-state index >= 15 is 0 Å². The SMILES string of the molecule is CNC(Cc1nccn1C)C1(CC(C)C)CCCC1. The third-order valence-corrected chi connectivity index (χ3v) is 4.81. The molecule has 0 amide bonds. The summed E-state index contributed by atoms with van der Waals surface area (Å²) < 4.78 is 2.16. The van der Waals surface area contributed by atoms with E-state index in [0.717, 1.165) is 12.3 Å². The Balaban J connectivity index is 2.15. The van der Waals surface area contributed by atoms with Gasteiger partial charge in [-0.05, 0) is 37.6 Å². The zero-order valence-corrected chi connectivity index (χ0v) is 12.9. The van der Waals surface area contributed by atoms with E-state index in [2.05, 4.69) is 42.8 Å². The highest BCUT2D eigenvalue weighted by molar-refractivity contribution is 5.02. The van der Waals surface area contributed by atoms with Crippen molar-refractivity contribution in [3.8, 4) is 0 Å². The lowest BCUT2D eigenvalue weighted by Gasteiger charge is -2.39. The van der Waals surface area contributed by atoms with Crippen molar-refractivity contribution >= 4 is 0 Å². The second-order valence-electron chi connectivity index (χ2n) is 6.67. The van der Waals surface area contributed by atoms with Gasteiger partial charge in [0, 0.05) is 31.9 Å². The highest BCUT2D eigenvalue weighted by atomic mass is 15.0. The Morgan fingerprint density at radius 1 is 1.37 bits per heavy atom. The average molecular weight is 263 g/mol. The molecule has 0 aliphatic heterocycles. The van der Waals surface area contributed by atoms with E-state index in [0.29, 0.717) is 11.5 Å². The lowest BCUT2D eigenvalue weighted by molar-refractivity contribution is 0.158. The number of imidazole rings is 1. The summed E-state index contributed by atoms with van der Waals surface area (Å²) in [6, 6.07) is 0.554. The third-order valence-electron chi connectivity index (χ3n) is 4.81. The molecule has 0 aromatic carbocycles. The topological polar surface area (TPSA) is 29.9 Å². The van der Waals surface area contributed by atoms with Crippen LogP contribution in [0.4, 0.5) is 0 Å². The first kappa shape index (κ1) is 14.6. The van der Waals surface area contributed by atoms with Gasteiger partial charge in [-0.1, -0.05) is 26.7 Å². The van der Waals surface area contributed by atoms with Crippen LogP contribution >= 0.6 is 0 Å². The van der Waals surface area contributed by atoms with Crippen LogP contribution in [-0.2, 0) is 13.5 Å². The molecule has 1 fully saturated rings. The molecule has 1 unspecified atom stereocenters. The molecule has 2 rings (SSSR count). The van der Waals surface area contributed by atoms with Crippen molar-refractivity contribution < 1.29 is 0 Å². The molecule has 0 spiro atoms. The number of hydrogen-bond acceptors (Lipinski definition) is 2. The molecule has 0 saturated heterocycles. The minimum absolute atomic E-state index is 0.481. The molecule has 1 aromatic rings. The average Bonchev–Trinajstić information content (AvgIpc) is 2.96. The molecule has 1 saturated carbocycles. The molecule has 1 aliphatic rings. The van der Waals surface area contributed by atoms with Crippen LogP contribution in [0, 0.1) is 11.3 Å². The highest BCUT2D eigenvalue weighted by Crippen LogP contribution is 2.46. The molecule has 1 N–H and O–H groups in total. The molecule has 3 heteroatoms. The summed E-state index contributed by atoms with van der Waals surface area (Å²) in [4.78, 5) is 4.51. The lowest BCUT2D eigenvalue weighted by Crippen LogP contribution is -2.45. The standard InChI is InChI=1S/C16H29N3/c1-13(2)12-16(7-5-6-8-16)14(17-3)11-15-18-9-10-19(15)4/h9-10,13-14,17H,5-8,11-12H2,1-4H3. The third kappa shape index (κ3) is 3.19. The van der Waals surface area contributed by atoms with Crippen LogP contribution < -0.4 is 5.32 Å². The largest absolute Gasteiger partial charge is 0.338 e. The highest BCUT2D eigenvalue weighted by Gasteiger charge is 2.41. The van der Waals surface area contributed by atoms with Gasteiger partial charge in [0.25, 0.3) is 0 Å². The van der Waals surface area contributed by atoms with Gasteiger partial charge in [-0.15, -0.1) is 0 Å².